The molecule has 1 atom stereocenters. The van der Waals surface area contributed by atoms with Crippen LogP contribution < -0.4 is 5.73 Å². The maximum absolute atomic E-state index is 11.0. The molecule has 2 N–H and O–H groups in total. The van der Waals surface area contributed by atoms with Crippen LogP contribution in [0.5, 0.6) is 0 Å². The molecule has 0 bridgehead atoms. The average Bonchev–Trinajstić information content (AvgIpc) is 2.65. The summed E-state index contributed by atoms with van der Waals surface area (Å²) in [5, 5.41) is 0. The molecular weight excluding hydrogens is 322 g/mol. The van der Waals surface area contributed by atoms with Gasteiger partial charge in [-0.25, -0.2) is 0 Å². The van der Waals surface area contributed by atoms with E-state index in [4.69, 9.17) is 5.73 Å². The Morgan fingerprint density at radius 2 is 1.08 bits per heavy atom. The van der Waals surface area contributed by atoms with Crippen molar-refractivity contribution in [3.63, 3.8) is 0 Å². The first-order valence-electron chi connectivity index (χ1n) is 11.5. The number of nitrogens with two attached hydrogens (primary N) is 1. The fourth-order valence-electron chi connectivity index (χ4n) is 3.52. The number of esters is 1. The van der Waals surface area contributed by atoms with Crippen molar-refractivity contribution in [1.29, 1.82) is 0 Å². The van der Waals surface area contributed by atoms with Gasteiger partial charge < -0.3 is 10.5 Å². The predicted molar refractivity (Wildman–Crippen MR) is 113 cm³/mol. The lowest BCUT2D eigenvalue weighted by Gasteiger charge is -2.11. The third kappa shape index (κ3) is 19.8. The molecule has 0 heterocycles. The van der Waals surface area contributed by atoms with E-state index in [9.17, 15) is 4.79 Å². The summed E-state index contributed by atoms with van der Waals surface area (Å²) in [4.78, 5) is 11.0. The molecule has 1 unspecified atom stereocenters. The number of rotatable bonds is 20. The lowest BCUT2D eigenvalue weighted by atomic mass is 10.0. The fourth-order valence-corrected chi connectivity index (χ4v) is 3.52. The molecule has 0 aromatic rings. The number of ether oxygens (including phenoxy) is 1. The monoisotopic (exact) mass is 369 g/mol. The smallest absolute Gasteiger partial charge is 0.305 e. The van der Waals surface area contributed by atoms with Gasteiger partial charge in [0.25, 0.3) is 0 Å². The SMILES string of the molecule is CCCCCCCCCC(N)CCCCCCCCCCCC(=O)OC. The normalized spacial score (nSPS) is 12.3. The Hall–Kier alpha value is -0.570. The van der Waals surface area contributed by atoms with Gasteiger partial charge in [-0.2, -0.15) is 0 Å². The van der Waals surface area contributed by atoms with Crippen LogP contribution in [-0.2, 0) is 9.53 Å². The molecule has 0 amide bonds. The van der Waals surface area contributed by atoms with Gasteiger partial charge in [0.2, 0.25) is 0 Å². The van der Waals surface area contributed by atoms with Gasteiger partial charge in [-0.1, -0.05) is 103 Å². The van der Waals surface area contributed by atoms with Crippen LogP contribution in [0.3, 0.4) is 0 Å². The minimum atomic E-state index is -0.0739. The van der Waals surface area contributed by atoms with Crippen LogP contribution in [0.4, 0.5) is 0 Å². The van der Waals surface area contributed by atoms with E-state index in [0.717, 1.165) is 12.8 Å². The number of carbonyl (C=O) groups is 1. The van der Waals surface area contributed by atoms with Gasteiger partial charge in [-0.3, -0.25) is 4.79 Å². The number of carbonyl (C=O) groups excluding carboxylic acids is 1. The number of hydrogen-bond acceptors (Lipinski definition) is 3. The van der Waals surface area contributed by atoms with Crippen LogP contribution in [0.25, 0.3) is 0 Å². The maximum Gasteiger partial charge on any atom is 0.305 e. The summed E-state index contributed by atoms with van der Waals surface area (Å²) in [5.41, 5.74) is 6.24. The summed E-state index contributed by atoms with van der Waals surface area (Å²) in [7, 11) is 1.46. The molecule has 0 aliphatic heterocycles. The summed E-state index contributed by atoms with van der Waals surface area (Å²) < 4.78 is 4.65. The van der Waals surface area contributed by atoms with Crippen molar-refractivity contribution >= 4 is 5.97 Å². The third-order valence-corrected chi connectivity index (χ3v) is 5.36. The molecule has 0 aliphatic rings. The molecule has 0 aromatic heterocycles. The summed E-state index contributed by atoms with van der Waals surface area (Å²) in [6.45, 7) is 2.27. The van der Waals surface area contributed by atoms with E-state index in [0.29, 0.717) is 12.5 Å². The lowest BCUT2D eigenvalue weighted by Crippen LogP contribution is -2.19. The largest absolute Gasteiger partial charge is 0.469 e. The van der Waals surface area contributed by atoms with E-state index < -0.39 is 0 Å². The zero-order chi connectivity index (χ0) is 19.3. The van der Waals surface area contributed by atoms with Crippen LogP contribution in [0, 0.1) is 0 Å². The second kappa shape index (κ2) is 20.7. The van der Waals surface area contributed by atoms with E-state index in [2.05, 4.69) is 11.7 Å². The highest BCUT2D eigenvalue weighted by Crippen LogP contribution is 2.14. The third-order valence-electron chi connectivity index (χ3n) is 5.36. The summed E-state index contributed by atoms with van der Waals surface area (Å²) in [6.07, 6.45) is 24.0. The lowest BCUT2D eigenvalue weighted by molar-refractivity contribution is -0.140. The van der Waals surface area contributed by atoms with Gasteiger partial charge in [0, 0.05) is 12.5 Å². The molecule has 0 fully saturated rings. The molecule has 156 valence electrons. The minimum absolute atomic E-state index is 0.0739. The summed E-state index contributed by atoms with van der Waals surface area (Å²) >= 11 is 0. The molecule has 3 nitrogen and oxygen atoms in total. The van der Waals surface area contributed by atoms with Crippen molar-refractivity contribution in [1.82, 2.24) is 0 Å². The Morgan fingerprint density at radius 1 is 0.692 bits per heavy atom. The van der Waals surface area contributed by atoms with Crippen molar-refractivity contribution in [2.75, 3.05) is 7.11 Å². The first-order chi connectivity index (χ1) is 12.7. The fraction of sp³-hybridized carbons (Fsp3) is 0.957. The van der Waals surface area contributed by atoms with Crippen LogP contribution in [-0.4, -0.2) is 19.1 Å². The van der Waals surface area contributed by atoms with Crippen LogP contribution in [0.1, 0.15) is 129 Å². The Balaban J connectivity index is 3.16. The molecule has 0 aliphatic carbocycles. The maximum atomic E-state index is 11.0. The minimum Gasteiger partial charge on any atom is -0.469 e. The van der Waals surface area contributed by atoms with Gasteiger partial charge in [-0.15, -0.1) is 0 Å². The zero-order valence-electron chi connectivity index (χ0n) is 17.9. The molecule has 0 saturated heterocycles. The quantitative estimate of drug-likeness (QED) is 0.187. The first kappa shape index (κ1) is 25.4. The van der Waals surface area contributed by atoms with Crippen molar-refractivity contribution in [2.45, 2.75) is 135 Å². The average molecular weight is 370 g/mol. The van der Waals surface area contributed by atoms with E-state index in [1.54, 1.807) is 0 Å². The van der Waals surface area contributed by atoms with Crippen LogP contribution >= 0.6 is 0 Å². The predicted octanol–water partition coefficient (Wildman–Crippen LogP) is 6.92. The van der Waals surface area contributed by atoms with Crippen molar-refractivity contribution < 1.29 is 9.53 Å². The molecule has 3 heteroatoms. The highest BCUT2D eigenvalue weighted by molar-refractivity contribution is 5.68. The first-order valence-corrected chi connectivity index (χ1v) is 11.5. The highest BCUT2D eigenvalue weighted by Gasteiger charge is 2.03. The molecule has 26 heavy (non-hydrogen) atoms. The van der Waals surface area contributed by atoms with Gasteiger partial charge >= 0.3 is 5.97 Å². The van der Waals surface area contributed by atoms with E-state index in [-0.39, 0.29) is 5.97 Å². The van der Waals surface area contributed by atoms with Crippen molar-refractivity contribution in [2.24, 2.45) is 5.73 Å². The zero-order valence-corrected chi connectivity index (χ0v) is 17.9. The second-order valence-electron chi connectivity index (χ2n) is 7.97. The summed E-state index contributed by atoms with van der Waals surface area (Å²) in [6, 6.07) is 0.431. The van der Waals surface area contributed by atoms with Gasteiger partial charge in [-0.05, 0) is 19.3 Å². The molecule has 0 radical (unpaired) electrons. The molecule has 0 aromatic carbocycles. The van der Waals surface area contributed by atoms with Crippen LogP contribution in [0.2, 0.25) is 0 Å². The second-order valence-corrected chi connectivity index (χ2v) is 7.97. The Kier molecular flexibility index (Phi) is 20.3. The van der Waals surface area contributed by atoms with Gasteiger partial charge in [0.05, 0.1) is 7.11 Å². The number of methoxy groups -OCH3 is 1. The Morgan fingerprint density at radius 3 is 1.50 bits per heavy atom. The number of unbranched alkanes of at least 4 members (excludes halogenated alkanes) is 14. The van der Waals surface area contributed by atoms with Crippen molar-refractivity contribution in [3.05, 3.63) is 0 Å². The Bertz CT molecular complexity index is 294. The van der Waals surface area contributed by atoms with E-state index >= 15 is 0 Å². The molecule has 0 spiro atoms. The highest BCUT2D eigenvalue weighted by atomic mass is 16.5. The number of hydrogen-bond donors (Lipinski definition) is 1. The topological polar surface area (TPSA) is 52.3 Å². The molecular formula is C23H47NO2. The van der Waals surface area contributed by atoms with E-state index in [1.807, 2.05) is 0 Å². The Labute approximate surface area is 163 Å². The van der Waals surface area contributed by atoms with E-state index in [1.165, 1.54) is 110 Å². The molecule has 0 rings (SSSR count). The van der Waals surface area contributed by atoms with Gasteiger partial charge in [0.1, 0.15) is 0 Å². The summed E-state index contributed by atoms with van der Waals surface area (Å²) in [5.74, 6) is -0.0739. The van der Waals surface area contributed by atoms with Crippen molar-refractivity contribution in [3.8, 4) is 0 Å². The standard InChI is InChI=1S/C23H47NO2/c1-3-4-5-6-10-13-16-19-22(24)20-17-14-11-8-7-9-12-15-18-21-23(25)26-2/h22H,3-21,24H2,1-2H3. The van der Waals surface area contributed by atoms with Gasteiger partial charge in [0.15, 0.2) is 0 Å². The molecule has 0 saturated carbocycles. The van der Waals surface area contributed by atoms with Crippen LogP contribution in [0.15, 0.2) is 0 Å².